The van der Waals surface area contributed by atoms with Gasteiger partial charge in [0.05, 0.1) is 5.56 Å². The first kappa shape index (κ1) is 12.0. The van der Waals surface area contributed by atoms with Crippen molar-refractivity contribution in [1.29, 1.82) is 0 Å². The van der Waals surface area contributed by atoms with Crippen LogP contribution in [0.2, 0.25) is 0 Å². The number of aryl methyl sites for hydroxylation is 1. The van der Waals surface area contributed by atoms with Gasteiger partial charge in [0, 0.05) is 12.1 Å². The fraction of sp³-hybridized carbons (Fsp3) is 0.462. The van der Waals surface area contributed by atoms with Crippen molar-refractivity contribution in [2.45, 2.75) is 38.3 Å². The number of carbonyl (C=O) groups is 1. The second kappa shape index (κ2) is 4.84. The molecule has 0 aromatic heterocycles. The van der Waals surface area contributed by atoms with Gasteiger partial charge in [-0.1, -0.05) is 12.1 Å². The minimum Gasteiger partial charge on any atom is -0.348 e. The van der Waals surface area contributed by atoms with Crippen LogP contribution in [-0.2, 0) is 0 Å². The van der Waals surface area contributed by atoms with Crippen LogP contribution in [0.1, 0.15) is 35.2 Å². The normalized spacial score (nSPS) is 23.7. The standard InChI is InChI=1S/C13H17FN2O/c1-8-4-2-5-9(12(8)14)13(17)16-11-7-3-6-10(11)15/h2,4-5,10-11H,3,6-7,15H2,1H3,(H,16,17). The summed E-state index contributed by atoms with van der Waals surface area (Å²) >= 11 is 0. The summed E-state index contributed by atoms with van der Waals surface area (Å²) in [5, 5.41) is 2.81. The van der Waals surface area contributed by atoms with Crippen molar-refractivity contribution in [2.75, 3.05) is 0 Å². The Morgan fingerprint density at radius 3 is 2.88 bits per heavy atom. The Balaban J connectivity index is 2.12. The number of carbonyl (C=O) groups excluding carboxylic acids is 1. The number of nitrogens with one attached hydrogen (secondary N) is 1. The predicted molar refractivity (Wildman–Crippen MR) is 64.2 cm³/mol. The van der Waals surface area contributed by atoms with E-state index >= 15 is 0 Å². The maximum atomic E-state index is 13.7. The molecule has 92 valence electrons. The summed E-state index contributed by atoms with van der Waals surface area (Å²) in [5.41, 5.74) is 6.45. The van der Waals surface area contributed by atoms with Crippen molar-refractivity contribution in [1.82, 2.24) is 5.32 Å². The van der Waals surface area contributed by atoms with E-state index in [1.165, 1.54) is 6.07 Å². The van der Waals surface area contributed by atoms with E-state index in [0.717, 1.165) is 19.3 Å². The highest BCUT2D eigenvalue weighted by molar-refractivity contribution is 5.94. The van der Waals surface area contributed by atoms with Gasteiger partial charge in [0.15, 0.2) is 0 Å². The van der Waals surface area contributed by atoms with E-state index in [1.807, 2.05) is 0 Å². The maximum absolute atomic E-state index is 13.7. The largest absolute Gasteiger partial charge is 0.348 e. The van der Waals surface area contributed by atoms with E-state index in [9.17, 15) is 9.18 Å². The molecule has 4 heteroatoms. The van der Waals surface area contributed by atoms with Crippen LogP contribution < -0.4 is 11.1 Å². The van der Waals surface area contributed by atoms with Gasteiger partial charge in [0.1, 0.15) is 5.82 Å². The van der Waals surface area contributed by atoms with Gasteiger partial charge in [0.2, 0.25) is 0 Å². The van der Waals surface area contributed by atoms with E-state index in [-0.39, 0.29) is 23.6 Å². The van der Waals surface area contributed by atoms with Crippen molar-refractivity contribution in [3.63, 3.8) is 0 Å². The van der Waals surface area contributed by atoms with Crippen LogP contribution in [0.4, 0.5) is 4.39 Å². The Morgan fingerprint density at radius 2 is 2.24 bits per heavy atom. The molecule has 2 rings (SSSR count). The van der Waals surface area contributed by atoms with Gasteiger partial charge in [-0.3, -0.25) is 4.79 Å². The van der Waals surface area contributed by atoms with Crippen LogP contribution in [-0.4, -0.2) is 18.0 Å². The van der Waals surface area contributed by atoms with Crippen LogP contribution in [0.5, 0.6) is 0 Å². The minimum atomic E-state index is -0.448. The molecule has 1 amide bonds. The SMILES string of the molecule is Cc1cccc(C(=O)NC2CCCC2N)c1F. The molecule has 2 unspecified atom stereocenters. The van der Waals surface area contributed by atoms with Gasteiger partial charge >= 0.3 is 0 Å². The summed E-state index contributed by atoms with van der Waals surface area (Å²) in [5.74, 6) is -0.815. The lowest BCUT2D eigenvalue weighted by molar-refractivity contribution is 0.0930. The summed E-state index contributed by atoms with van der Waals surface area (Å²) < 4.78 is 13.7. The number of hydrogen-bond donors (Lipinski definition) is 2. The van der Waals surface area contributed by atoms with Crippen LogP contribution >= 0.6 is 0 Å². The van der Waals surface area contributed by atoms with Crippen LogP contribution in [0.3, 0.4) is 0 Å². The van der Waals surface area contributed by atoms with Gasteiger partial charge in [0.25, 0.3) is 5.91 Å². The monoisotopic (exact) mass is 236 g/mol. The third-order valence-corrected chi connectivity index (χ3v) is 3.32. The molecular formula is C13H17FN2O. The molecule has 0 spiro atoms. The molecule has 3 N–H and O–H groups in total. The molecule has 0 bridgehead atoms. The summed E-state index contributed by atoms with van der Waals surface area (Å²) in [6.07, 6.45) is 2.81. The third-order valence-electron chi connectivity index (χ3n) is 3.32. The first-order valence-electron chi connectivity index (χ1n) is 5.91. The van der Waals surface area contributed by atoms with Gasteiger partial charge in [-0.05, 0) is 37.8 Å². The number of benzene rings is 1. The molecule has 1 aromatic rings. The average molecular weight is 236 g/mol. The number of amides is 1. The average Bonchev–Trinajstić information content (AvgIpc) is 2.68. The van der Waals surface area contributed by atoms with Crippen LogP contribution in [0, 0.1) is 12.7 Å². The van der Waals surface area contributed by atoms with Crippen molar-refractivity contribution in [3.8, 4) is 0 Å². The molecule has 3 nitrogen and oxygen atoms in total. The van der Waals surface area contributed by atoms with E-state index < -0.39 is 5.82 Å². The Kier molecular flexibility index (Phi) is 3.43. The number of halogens is 1. The molecule has 1 aromatic carbocycles. The summed E-state index contributed by atoms with van der Waals surface area (Å²) in [6, 6.07) is 4.79. The van der Waals surface area contributed by atoms with Crippen molar-refractivity contribution in [3.05, 3.63) is 35.1 Å². The smallest absolute Gasteiger partial charge is 0.254 e. The topological polar surface area (TPSA) is 55.1 Å². The molecule has 17 heavy (non-hydrogen) atoms. The number of nitrogens with two attached hydrogens (primary N) is 1. The molecule has 0 radical (unpaired) electrons. The van der Waals surface area contributed by atoms with Gasteiger partial charge in [-0.15, -0.1) is 0 Å². The van der Waals surface area contributed by atoms with E-state index in [1.54, 1.807) is 19.1 Å². The number of hydrogen-bond acceptors (Lipinski definition) is 2. The third kappa shape index (κ3) is 2.47. The Hall–Kier alpha value is -1.42. The maximum Gasteiger partial charge on any atom is 0.254 e. The summed E-state index contributed by atoms with van der Waals surface area (Å²) in [7, 11) is 0. The van der Waals surface area contributed by atoms with E-state index in [4.69, 9.17) is 5.73 Å². The first-order chi connectivity index (χ1) is 8.09. The lowest BCUT2D eigenvalue weighted by Gasteiger charge is -2.17. The first-order valence-corrected chi connectivity index (χ1v) is 5.91. The zero-order valence-corrected chi connectivity index (χ0v) is 9.87. The van der Waals surface area contributed by atoms with E-state index in [0.29, 0.717) is 5.56 Å². The lowest BCUT2D eigenvalue weighted by Crippen LogP contribution is -2.44. The van der Waals surface area contributed by atoms with Crippen molar-refractivity contribution in [2.24, 2.45) is 5.73 Å². The Morgan fingerprint density at radius 1 is 1.47 bits per heavy atom. The number of rotatable bonds is 2. The predicted octanol–water partition coefficient (Wildman–Crippen LogP) is 1.74. The molecule has 0 saturated heterocycles. The highest BCUT2D eigenvalue weighted by atomic mass is 19.1. The van der Waals surface area contributed by atoms with Crippen molar-refractivity contribution >= 4 is 5.91 Å². The summed E-state index contributed by atoms with van der Waals surface area (Å²) in [6.45, 7) is 1.65. The highest BCUT2D eigenvalue weighted by Gasteiger charge is 2.26. The molecule has 1 saturated carbocycles. The van der Waals surface area contributed by atoms with Gasteiger partial charge < -0.3 is 11.1 Å². The molecule has 1 aliphatic carbocycles. The fourth-order valence-corrected chi connectivity index (χ4v) is 2.24. The minimum absolute atomic E-state index is 0.00757. The van der Waals surface area contributed by atoms with Crippen molar-refractivity contribution < 1.29 is 9.18 Å². The molecule has 1 aliphatic rings. The van der Waals surface area contributed by atoms with Gasteiger partial charge in [-0.2, -0.15) is 0 Å². The quantitative estimate of drug-likeness (QED) is 0.821. The molecule has 0 aliphatic heterocycles. The van der Waals surface area contributed by atoms with Crippen LogP contribution in [0.25, 0.3) is 0 Å². The zero-order chi connectivity index (χ0) is 12.4. The van der Waals surface area contributed by atoms with Gasteiger partial charge in [-0.25, -0.2) is 4.39 Å². The molecule has 2 atom stereocenters. The zero-order valence-electron chi connectivity index (χ0n) is 9.87. The molecular weight excluding hydrogens is 219 g/mol. The second-order valence-corrected chi connectivity index (χ2v) is 4.61. The molecule has 0 heterocycles. The lowest BCUT2D eigenvalue weighted by atomic mass is 10.1. The molecule has 1 fully saturated rings. The Bertz CT molecular complexity index is 433. The second-order valence-electron chi connectivity index (χ2n) is 4.61. The fourth-order valence-electron chi connectivity index (χ4n) is 2.24. The highest BCUT2D eigenvalue weighted by Crippen LogP contribution is 2.18. The summed E-state index contributed by atoms with van der Waals surface area (Å²) in [4.78, 5) is 11.9. The van der Waals surface area contributed by atoms with E-state index in [2.05, 4.69) is 5.32 Å². The van der Waals surface area contributed by atoms with Crippen LogP contribution in [0.15, 0.2) is 18.2 Å². The Labute approximate surface area is 100 Å².